The average Bonchev–Trinajstić information content (AvgIpc) is 3.32. The molecule has 2 aliphatic heterocycles. The molecule has 0 bridgehead atoms. The zero-order valence-electron chi connectivity index (χ0n) is 25.5. The highest BCUT2D eigenvalue weighted by atomic mass is 16.6. The van der Waals surface area contributed by atoms with Crippen molar-refractivity contribution in [3.05, 3.63) is 82.1 Å². The Bertz CT molecular complexity index is 1620. The number of aromatic nitrogens is 2. The number of rotatable bonds is 3. The maximum absolute atomic E-state index is 14.3. The summed E-state index contributed by atoms with van der Waals surface area (Å²) in [5.74, 6) is -0.103. The third-order valence-electron chi connectivity index (χ3n) is 8.73. The van der Waals surface area contributed by atoms with Crippen LogP contribution in [-0.4, -0.2) is 81.6 Å². The molecule has 2 aromatic carbocycles. The van der Waals surface area contributed by atoms with E-state index in [0.717, 1.165) is 22.3 Å². The number of ether oxygens (including phenoxy) is 2. The number of hydrogen-bond donors (Lipinski definition) is 0. The van der Waals surface area contributed by atoms with Crippen molar-refractivity contribution in [2.24, 2.45) is 7.05 Å². The van der Waals surface area contributed by atoms with Gasteiger partial charge in [-0.25, -0.2) is 14.3 Å². The minimum atomic E-state index is -1.25. The Kier molecular flexibility index (Phi) is 7.43. The highest BCUT2D eigenvalue weighted by Crippen LogP contribution is 2.45. The largest absolute Gasteiger partial charge is 0.448 e. The number of fused-ring (bicyclic) bond motifs is 3. The van der Waals surface area contributed by atoms with Crippen LogP contribution in [0.1, 0.15) is 50.7 Å². The molecule has 11 heteroatoms. The highest BCUT2D eigenvalue weighted by molar-refractivity contribution is 6.02. The molecule has 2 fully saturated rings. The molecular formula is C33H37N5O6. The molecule has 0 unspecified atom stereocenters. The van der Waals surface area contributed by atoms with E-state index in [0.29, 0.717) is 5.82 Å². The van der Waals surface area contributed by atoms with Crippen molar-refractivity contribution in [2.45, 2.75) is 50.7 Å². The quantitative estimate of drug-likeness (QED) is 0.445. The van der Waals surface area contributed by atoms with Gasteiger partial charge in [0.2, 0.25) is 0 Å². The van der Waals surface area contributed by atoms with E-state index >= 15 is 0 Å². The summed E-state index contributed by atoms with van der Waals surface area (Å²) in [4.78, 5) is 57.7. The fraction of sp³-hybridized carbons (Fsp3) is 0.424. The van der Waals surface area contributed by atoms with E-state index in [9.17, 15) is 19.2 Å². The second-order valence-corrected chi connectivity index (χ2v) is 12.6. The maximum Gasteiger partial charge on any atom is 0.410 e. The number of hydrogen-bond acceptors (Lipinski definition) is 7. The number of benzene rings is 2. The van der Waals surface area contributed by atoms with Gasteiger partial charge < -0.3 is 14.4 Å². The van der Waals surface area contributed by atoms with Gasteiger partial charge in [-0.05, 0) is 61.9 Å². The predicted molar refractivity (Wildman–Crippen MR) is 163 cm³/mol. The molecule has 3 aliphatic rings. The smallest absolute Gasteiger partial charge is 0.410 e. The molecule has 11 nitrogen and oxygen atoms in total. The third kappa shape index (κ3) is 5.20. The lowest BCUT2D eigenvalue weighted by molar-refractivity contribution is -0.136. The van der Waals surface area contributed by atoms with Crippen molar-refractivity contribution < 1.29 is 23.9 Å². The normalized spacial score (nSPS) is 17.8. The van der Waals surface area contributed by atoms with Crippen LogP contribution in [0.25, 0.3) is 11.1 Å². The van der Waals surface area contributed by atoms with Crippen LogP contribution in [0.3, 0.4) is 0 Å². The van der Waals surface area contributed by atoms with E-state index in [2.05, 4.69) is 29.4 Å². The fourth-order valence-electron chi connectivity index (χ4n) is 6.54. The molecule has 2 saturated heterocycles. The molecule has 0 radical (unpaired) electrons. The molecule has 1 aromatic heterocycles. The first-order chi connectivity index (χ1) is 21.0. The molecule has 230 valence electrons. The Morgan fingerprint density at radius 3 is 2.07 bits per heavy atom. The SMILES string of the molecule is Cn1nc(N2CCN(C(=O)OCC3c4ccccc4-c4ccccc43)C3(CCN(C(=O)OC(C)(C)C)CC3)C2=O)ccc1=O. The van der Waals surface area contributed by atoms with Gasteiger partial charge in [0.15, 0.2) is 5.82 Å². The molecule has 0 N–H and O–H groups in total. The molecule has 1 spiro atoms. The zero-order valence-corrected chi connectivity index (χ0v) is 25.5. The lowest BCUT2D eigenvalue weighted by atomic mass is 9.82. The van der Waals surface area contributed by atoms with E-state index in [1.807, 2.05) is 24.3 Å². The van der Waals surface area contributed by atoms with Crippen molar-refractivity contribution in [1.82, 2.24) is 19.6 Å². The van der Waals surface area contributed by atoms with Crippen LogP contribution in [-0.2, 0) is 21.3 Å². The summed E-state index contributed by atoms with van der Waals surface area (Å²) >= 11 is 0. The number of anilines is 1. The van der Waals surface area contributed by atoms with E-state index in [4.69, 9.17) is 9.47 Å². The minimum absolute atomic E-state index is 0.122. The molecule has 0 saturated carbocycles. The van der Waals surface area contributed by atoms with Crippen molar-refractivity contribution >= 4 is 23.9 Å². The second-order valence-electron chi connectivity index (χ2n) is 12.6. The van der Waals surface area contributed by atoms with Crippen molar-refractivity contribution in [3.63, 3.8) is 0 Å². The summed E-state index contributed by atoms with van der Waals surface area (Å²) < 4.78 is 12.8. The Morgan fingerprint density at radius 1 is 0.864 bits per heavy atom. The number of likely N-dealkylation sites (tertiary alicyclic amines) is 1. The monoisotopic (exact) mass is 599 g/mol. The summed E-state index contributed by atoms with van der Waals surface area (Å²) in [6.45, 7) is 6.38. The van der Waals surface area contributed by atoms with Crippen molar-refractivity contribution in [2.75, 3.05) is 37.7 Å². The Morgan fingerprint density at radius 2 is 1.48 bits per heavy atom. The fourth-order valence-corrected chi connectivity index (χ4v) is 6.54. The molecule has 3 aromatic rings. The Labute approximate surface area is 256 Å². The van der Waals surface area contributed by atoms with Crippen LogP contribution in [0.5, 0.6) is 0 Å². The molecule has 0 atom stereocenters. The van der Waals surface area contributed by atoms with Gasteiger partial charge in [-0.1, -0.05) is 48.5 Å². The van der Waals surface area contributed by atoms with Gasteiger partial charge in [-0.15, -0.1) is 0 Å². The molecule has 3 heterocycles. The molecule has 44 heavy (non-hydrogen) atoms. The van der Waals surface area contributed by atoms with Crippen LogP contribution in [0.4, 0.5) is 15.4 Å². The van der Waals surface area contributed by atoms with E-state index < -0.39 is 23.3 Å². The second kappa shape index (κ2) is 11.1. The minimum Gasteiger partial charge on any atom is -0.448 e. The van der Waals surface area contributed by atoms with Gasteiger partial charge >= 0.3 is 12.2 Å². The van der Waals surface area contributed by atoms with Crippen molar-refractivity contribution in [3.8, 4) is 11.1 Å². The predicted octanol–water partition coefficient (Wildman–Crippen LogP) is 4.15. The first-order valence-corrected chi connectivity index (χ1v) is 15.0. The van der Waals surface area contributed by atoms with Crippen molar-refractivity contribution in [1.29, 1.82) is 0 Å². The van der Waals surface area contributed by atoms with Crippen LogP contribution in [0, 0.1) is 0 Å². The van der Waals surface area contributed by atoms with Gasteiger partial charge in [-0.2, -0.15) is 5.10 Å². The maximum atomic E-state index is 14.3. The summed E-state index contributed by atoms with van der Waals surface area (Å²) in [5, 5.41) is 4.30. The Hall–Kier alpha value is -4.67. The number of carbonyl (C=O) groups excluding carboxylic acids is 3. The molecular weight excluding hydrogens is 562 g/mol. The number of aryl methyl sites for hydroxylation is 1. The van der Waals surface area contributed by atoms with Gasteiger partial charge in [0.05, 0.1) is 0 Å². The number of amides is 3. The summed E-state index contributed by atoms with van der Waals surface area (Å²) in [7, 11) is 1.53. The molecule has 6 rings (SSSR count). The van der Waals surface area contributed by atoms with Crippen LogP contribution in [0.2, 0.25) is 0 Å². The molecule has 1 aliphatic carbocycles. The topological polar surface area (TPSA) is 114 Å². The van der Waals surface area contributed by atoms with E-state index in [1.165, 1.54) is 33.7 Å². The van der Waals surface area contributed by atoms with E-state index in [-0.39, 0.29) is 63.0 Å². The standard InChI is InChI=1S/C33H37N5O6/c1-32(2,3)44-30(41)36-17-15-33(16-18-36)29(40)37(27-13-14-28(39)35(4)34-27)19-20-38(33)31(42)43-21-26-24-11-7-5-9-22(24)23-10-6-8-12-25(23)26/h5-14,26H,15-21H2,1-4H3. The van der Waals surface area contributed by atoms with Gasteiger partial charge in [0.25, 0.3) is 11.5 Å². The zero-order chi connectivity index (χ0) is 31.2. The lowest BCUT2D eigenvalue weighted by Crippen LogP contribution is -2.70. The summed E-state index contributed by atoms with van der Waals surface area (Å²) in [6, 6.07) is 19.1. The summed E-state index contributed by atoms with van der Waals surface area (Å²) in [5.41, 5.74) is 2.25. The van der Waals surface area contributed by atoms with Crippen LogP contribution >= 0.6 is 0 Å². The first kappa shape index (κ1) is 29.4. The first-order valence-electron chi connectivity index (χ1n) is 15.0. The Balaban J connectivity index is 1.26. The average molecular weight is 600 g/mol. The number of piperazine rings is 1. The van der Waals surface area contributed by atoms with Gasteiger partial charge in [0.1, 0.15) is 17.7 Å². The number of piperidine rings is 1. The number of nitrogens with zero attached hydrogens (tertiary/aromatic N) is 5. The number of carbonyl (C=O) groups is 3. The lowest BCUT2D eigenvalue weighted by Gasteiger charge is -2.51. The third-order valence-corrected chi connectivity index (χ3v) is 8.73. The van der Waals surface area contributed by atoms with Gasteiger partial charge in [-0.3, -0.25) is 19.4 Å². The highest BCUT2D eigenvalue weighted by Gasteiger charge is 2.54. The van der Waals surface area contributed by atoms with Gasteiger partial charge in [0, 0.05) is 45.2 Å². The van der Waals surface area contributed by atoms with Crippen LogP contribution < -0.4 is 10.5 Å². The molecule has 3 amide bonds. The van der Waals surface area contributed by atoms with Crippen LogP contribution in [0.15, 0.2) is 65.5 Å². The summed E-state index contributed by atoms with van der Waals surface area (Å²) in [6.07, 6.45) is -0.617. The van der Waals surface area contributed by atoms with E-state index in [1.54, 1.807) is 25.7 Å².